The summed E-state index contributed by atoms with van der Waals surface area (Å²) in [5.74, 6) is 0.611. The van der Waals surface area contributed by atoms with Crippen molar-refractivity contribution in [2.45, 2.75) is 95.7 Å². The molecule has 2 aliphatic heterocycles. The SMILES string of the molecule is CCCCN(Cc1ccccc1)C[C@H](O)CN1CN(c2ccc(F)cc2)C2(CCN(CC3CCCCCCC3)CC2)C1=O.S. The van der Waals surface area contributed by atoms with E-state index in [-0.39, 0.29) is 25.2 Å². The maximum atomic E-state index is 14.3. The number of amides is 1. The molecule has 2 saturated heterocycles. The monoisotopic (exact) mass is 626 g/mol. The third-order valence-electron chi connectivity index (χ3n) is 10.1. The van der Waals surface area contributed by atoms with Crippen molar-refractivity contribution >= 4 is 25.1 Å². The molecule has 5 rings (SSSR count). The molecule has 3 fully saturated rings. The van der Waals surface area contributed by atoms with Crippen LogP contribution < -0.4 is 4.90 Å². The number of aliphatic hydroxyl groups excluding tert-OH is 1. The molecule has 1 spiro atoms. The van der Waals surface area contributed by atoms with E-state index in [2.05, 4.69) is 45.9 Å². The molecule has 1 atom stereocenters. The highest BCUT2D eigenvalue weighted by molar-refractivity contribution is 7.59. The maximum Gasteiger partial charge on any atom is 0.250 e. The summed E-state index contributed by atoms with van der Waals surface area (Å²) in [6.07, 6.45) is 12.5. The highest BCUT2D eigenvalue weighted by Crippen LogP contribution is 2.40. The minimum atomic E-state index is -0.644. The van der Waals surface area contributed by atoms with Crippen molar-refractivity contribution in [1.82, 2.24) is 14.7 Å². The van der Waals surface area contributed by atoms with Gasteiger partial charge in [-0.25, -0.2) is 4.39 Å². The Kier molecular flexibility index (Phi) is 13.4. The van der Waals surface area contributed by atoms with Crippen LogP contribution in [0, 0.1) is 11.7 Å². The van der Waals surface area contributed by atoms with E-state index in [1.807, 2.05) is 11.0 Å². The van der Waals surface area contributed by atoms with Gasteiger partial charge in [-0.2, -0.15) is 13.5 Å². The van der Waals surface area contributed by atoms with Gasteiger partial charge in [0.15, 0.2) is 0 Å². The molecule has 6 nitrogen and oxygen atoms in total. The number of β-amino-alcohol motifs (C(OH)–C–C–N with tert-alkyl or cyclic N) is 1. The molecule has 2 aromatic carbocycles. The molecule has 0 aromatic heterocycles. The standard InChI is InChI=1S/C36H53FN4O2.H2S/c1-2-3-22-39(26-31-14-10-7-11-15-31)27-34(42)28-40-29-41(33-18-16-32(37)17-19-33)36(35(40)43)20-23-38(24-21-36)25-30-12-8-5-4-6-9-13-30;/h7,10-11,14-19,30,34,42H,2-6,8-9,12-13,20-29H2,1H3;1H2/t34-;/m0./s1. The average molecular weight is 627 g/mol. The number of carbonyl (C=O) groups is 1. The normalized spacial score (nSPS) is 20.5. The molecular formula is C36H55FN4O2S. The van der Waals surface area contributed by atoms with E-state index < -0.39 is 11.6 Å². The Hall–Kier alpha value is -2.13. The number of likely N-dealkylation sites (tertiary alicyclic amines) is 1. The van der Waals surface area contributed by atoms with Crippen LogP contribution in [0.15, 0.2) is 54.6 Å². The molecule has 0 unspecified atom stereocenters. The predicted molar refractivity (Wildman–Crippen MR) is 183 cm³/mol. The fraction of sp³-hybridized carbons (Fsp3) is 0.639. The van der Waals surface area contributed by atoms with Crippen molar-refractivity contribution in [3.8, 4) is 0 Å². The quantitative estimate of drug-likeness (QED) is 0.296. The molecular weight excluding hydrogens is 571 g/mol. The summed E-state index contributed by atoms with van der Waals surface area (Å²) in [7, 11) is 0. The van der Waals surface area contributed by atoms with Crippen LogP contribution in [0.3, 0.4) is 0 Å². The second kappa shape index (κ2) is 17.0. The lowest BCUT2D eigenvalue weighted by molar-refractivity contribution is -0.135. The van der Waals surface area contributed by atoms with Gasteiger partial charge in [0.1, 0.15) is 11.4 Å². The summed E-state index contributed by atoms with van der Waals surface area (Å²) in [5, 5.41) is 11.3. The minimum absolute atomic E-state index is 0. The second-order valence-corrected chi connectivity index (χ2v) is 13.3. The fourth-order valence-corrected chi connectivity index (χ4v) is 7.62. The summed E-state index contributed by atoms with van der Waals surface area (Å²) in [5.41, 5.74) is 1.48. The summed E-state index contributed by atoms with van der Waals surface area (Å²) in [6, 6.07) is 17.0. The van der Waals surface area contributed by atoms with E-state index in [0.717, 1.165) is 70.0 Å². The molecule has 244 valence electrons. The van der Waals surface area contributed by atoms with Crippen LogP contribution in [0.4, 0.5) is 10.1 Å². The van der Waals surface area contributed by atoms with E-state index in [1.54, 1.807) is 12.1 Å². The summed E-state index contributed by atoms with van der Waals surface area (Å²) in [4.78, 5) is 23.2. The lowest BCUT2D eigenvalue weighted by Gasteiger charge is -2.44. The van der Waals surface area contributed by atoms with Crippen molar-refractivity contribution in [2.75, 3.05) is 50.8 Å². The summed E-state index contributed by atoms with van der Waals surface area (Å²) >= 11 is 0. The second-order valence-electron chi connectivity index (χ2n) is 13.3. The number of rotatable bonds is 12. The smallest absolute Gasteiger partial charge is 0.250 e. The maximum absolute atomic E-state index is 14.3. The Morgan fingerprint density at radius 2 is 1.64 bits per heavy atom. The number of halogens is 1. The number of piperidine rings is 1. The lowest BCUT2D eigenvalue weighted by atomic mass is 9.84. The number of anilines is 1. The van der Waals surface area contributed by atoms with Crippen LogP contribution in [0.1, 0.15) is 83.1 Å². The summed E-state index contributed by atoms with van der Waals surface area (Å²) in [6.45, 7) is 8.09. The van der Waals surface area contributed by atoms with Crippen molar-refractivity contribution in [2.24, 2.45) is 5.92 Å². The van der Waals surface area contributed by atoms with E-state index in [9.17, 15) is 14.3 Å². The molecule has 44 heavy (non-hydrogen) atoms. The van der Waals surface area contributed by atoms with E-state index in [1.165, 1.54) is 62.6 Å². The fourth-order valence-electron chi connectivity index (χ4n) is 7.62. The number of unbranched alkanes of at least 4 members (excludes halogenated alkanes) is 1. The van der Waals surface area contributed by atoms with Crippen molar-refractivity contribution in [3.63, 3.8) is 0 Å². The Morgan fingerprint density at radius 1 is 0.977 bits per heavy atom. The zero-order valence-electron chi connectivity index (χ0n) is 26.8. The Labute approximate surface area is 272 Å². The number of nitrogens with zero attached hydrogens (tertiary/aromatic N) is 4. The third-order valence-corrected chi connectivity index (χ3v) is 10.1. The van der Waals surface area contributed by atoms with Gasteiger partial charge in [-0.05, 0) is 74.4 Å². The van der Waals surface area contributed by atoms with Gasteiger partial charge >= 0.3 is 0 Å². The number of aliphatic hydroxyl groups is 1. The van der Waals surface area contributed by atoms with Gasteiger partial charge < -0.3 is 19.8 Å². The number of benzene rings is 2. The Morgan fingerprint density at radius 3 is 2.30 bits per heavy atom. The van der Waals surface area contributed by atoms with Crippen LogP contribution in [0.2, 0.25) is 0 Å². The Balaban J connectivity index is 0.00000442. The van der Waals surface area contributed by atoms with Gasteiger partial charge in [0.25, 0.3) is 0 Å². The van der Waals surface area contributed by atoms with Crippen LogP contribution >= 0.6 is 13.5 Å². The van der Waals surface area contributed by atoms with E-state index in [0.29, 0.717) is 19.8 Å². The lowest BCUT2D eigenvalue weighted by Crippen LogP contribution is -2.57. The van der Waals surface area contributed by atoms with Crippen LogP contribution in [0.5, 0.6) is 0 Å². The first-order chi connectivity index (χ1) is 21.0. The highest BCUT2D eigenvalue weighted by Gasteiger charge is 2.54. The van der Waals surface area contributed by atoms with Crippen LogP contribution in [-0.4, -0.2) is 83.3 Å². The molecule has 1 N–H and O–H groups in total. The molecule has 2 heterocycles. The zero-order chi connectivity index (χ0) is 30.1. The largest absolute Gasteiger partial charge is 0.390 e. The molecule has 1 amide bonds. The summed E-state index contributed by atoms with van der Waals surface area (Å²) < 4.78 is 13.9. The van der Waals surface area contributed by atoms with Crippen molar-refractivity contribution < 1.29 is 14.3 Å². The van der Waals surface area contributed by atoms with Gasteiger partial charge in [-0.3, -0.25) is 9.69 Å². The van der Waals surface area contributed by atoms with Gasteiger partial charge in [0, 0.05) is 45.0 Å². The molecule has 1 saturated carbocycles. The van der Waals surface area contributed by atoms with Gasteiger partial charge in [-0.15, -0.1) is 0 Å². The van der Waals surface area contributed by atoms with E-state index in [4.69, 9.17) is 0 Å². The molecule has 0 bridgehead atoms. The predicted octanol–water partition coefficient (Wildman–Crippen LogP) is 6.40. The number of carbonyl (C=O) groups excluding carboxylic acids is 1. The number of hydrogen-bond acceptors (Lipinski definition) is 5. The Bertz CT molecular complexity index is 1120. The zero-order valence-corrected chi connectivity index (χ0v) is 27.8. The average Bonchev–Trinajstić information content (AvgIpc) is 3.25. The minimum Gasteiger partial charge on any atom is -0.390 e. The third kappa shape index (κ3) is 8.99. The van der Waals surface area contributed by atoms with Crippen molar-refractivity contribution in [3.05, 3.63) is 66.0 Å². The van der Waals surface area contributed by atoms with Crippen molar-refractivity contribution in [1.29, 1.82) is 0 Å². The van der Waals surface area contributed by atoms with Crippen LogP contribution in [-0.2, 0) is 11.3 Å². The molecule has 8 heteroatoms. The van der Waals surface area contributed by atoms with Gasteiger partial charge in [0.2, 0.25) is 5.91 Å². The first-order valence-corrected chi connectivity index (χ1v) is 17.0. The first kappa shape index (κ1) is 34.7. The topological polar surface area (TPSA) is 50.3 Å². The molecule has 1 aliphatic carbocycles. The van der Waals surface area contributed by atoms with Crippen LogP contribution in [0.25, 0.3) is 0 Å². The number of hydrogen-bond donors (Lipinski definition) is 1. The highest BCUT2D eigenvalue weighted by atomic mass is 32.1. The first-order valence-electron chi connectivity index (χ1n) is 17.0. The van der Waals surface area contributed by atoms with Gasteiger partial charge in [-0.1, -0.05) is 75.8 Å². The molecule has 0 radical (unpaired) electrons. The molecule has 2 aromatic rings. The van der Waals surface area contributed by atoms with E-state index >= 15 is 0 Å². The molecule has 3 aliphatic rings. The van der Waals surface area contributed by atoms with Gasteiger partial charge in [0.05, 0.1) is 12.8 Å².